The van der Waals surface area contributed by atoms with Crippen LogP contribution < -0.4 is 5.73 Å². The second kappa shape index (κ2) is 6.81. The molecule has 1 atom stereocenters. The lowest BCUT2D eigenvalue weighted by Gasteiger charge is -2.06. The van der Waals surface area contributed by atoms with Crippen LogP contribution in [0.15, 0.2) is 12.1 Å². The summed E-state index contributed by atoms with van der Waals surface area (Å²) in [7, 11) is 0. The summed E-state index contributed by atoms with van der Waals surface area (Å²) in [5, 5.41) is 0. The highest BCUT2D eigenvalue weighted by Gasteiger charge is 2.08. The number of thiophene rings is 1. The van der Waals surface area contributed by atoms with E-state index in [-0.39, 0.29) is 0 Å². The van der Waals surface area contributed by atoms with Gasteiger partial charge in [0.05, 0.1) is 0 Å². The summed E-state index contributed by atoms with van der Waals surface area (Å²) in [5.41, 5.74) is 5.52. The maximum absolute atomic E-state index is 11.7. The third kappa shape index (κ3) is 4.45. The Hall–Kier alpha value is -0.670. The molecule has 0 bridgehead atoms. The van der Waals surface area contributed by atoms with Gasteiger partial charge >= 0.3 is 0 Å². The summed E-state index contributed by atoms with van der Waals surface area (Å²) in [4.78, 5) is 14.3. The molecule has 1 aromatic rings. The second-order valence-corrected chi connectivity index (χ2v) is 5.57. The van der Waals surface area contributed by atoms with Crippen LogP contribution >= 0.6 is 11.3 Å². The molecule has 0 aliphatic heterocycles. The second-order valence-electron chi connectivity index (χ2n) is 4.32. The molecule has 90 valence electrons. The number of ketones is 1. The van der Waals surface area contributed by atoms with E-state index >= 15 is 0 Å². The molecule has 0 saturated carbocycles. The van der Waals surface area contributed by atoms with Gasteiger partial charge in [0.1, 0.15) is 5.78 Å². The molecule has 0 radical (unpaired) electrons. The molecule has 1 unspecified atom stereocenters. The lowest BCUT2D eigenvalue weighted by atomic mass is 10.0. The highest BCUT2D eigenvalue weighted by atomic mass is 32.1. The molecule has 16 heavy (non-hydrogen) atoms. The Kier molecular flexibility index (Phi) is 5.71. The first kappa shape index (κ1) is 13.4. The van der Waals surface area contributed by atoms with Crippen LogP contribution in [0, 0.1) is 5.92 Å². The van der Waals surface area contributed by atoms with E-state index in [0.29, 0.717) is 31.1 Å². The predicted molar refractivity (Wildman–Crippen MR) is 69.9 cm³/mol. The fourth-order valence-electron chi connectivity index (χ4n) is 1.52. The van der Waals surface area contributed by atoms with Crippen molar-refractivity contribution in [1.82, 2.24) is 0 Å². The summed E-state index contributed by atoms with van der Waals surface area (Å²) in [6.45, 7) is 4.90. The van der Waals surface area contributed by atoms with E-state index in [2.05, 4.69) is 26.0 Å². The topological polar surface area (TPSA) is 43.1 Å². The Bertz CT molecular complexity index is 332. The van der Waals surface area contributed by atoms with Crippen LogP contribution in [0.5, 0.6) is 0 Å². The molecule has 2 N–H and O–H groups in total. The van der Waals surface area contributed by atoms with Gasteiger partial charge in [-0.2, -0.15) is 0 Å². The standard InChI is InChI=1S/C13H21NOS/c1-3-12-6-7-13(16-12)8-11(15)5-4-10(2)9-14/h6-7,10H,3-5,8-9,14H2,1-2H3. The van der Waals surface area contributed by atoms with E-state index in [4.69, 9.17) is 5.73 Å². The normalized spacial score (nSPS) is 12.7. The molecule has 1 heterocycles. The van der Waals surface area contributed by atoms with Gasteiger partial charge in [0.15, 0.2) is 0 Å². The number of nitrogens with two attached hydrogens (primary N) is 1. The third-order valence-electron chi connectivity index (χ3n) is 2.76. The van der Waals surface area contributed by atoms with Crippen LogP contribution in [0.4, 0.5) is 0 Å². The molecule has 0 saturated heterocycles. The first-order chi connectivity index (χ1) is 7.65. The zero-order chi connectivity index (χ0) is 12.0. The molecule has 3 heteroatoms. The van der Waals surface area contributed by atoms with Crippen molar-refractivity contribution in [2.45, 2.75) is 39.5 Å². The van der Waals surface area contributed by atoms with Gasteiger partial charge in [-0.3, -0.25) is 4.79 Å². The lowest BCUT2D eigenvalue weighted by Crippen LogP contribution is -2.12. The number of carbonyl (C=O) groups is 1. The van der Waals surface area contributed by atoms with Crippen LogP contribution in [0.25, 0.3) is 0 Å². The molecule has 1 rings (SSSR count). The van der Waals surface area contributed by atoms with Crippen molar-refractivity contribution in [3.63, 3.8) is 0 Å². The van der Waals surface area contributed by atoms with E-state index in [9.17, 15) is 4.79 Å². The zero-order valence-corrected chi connectivity index (χ0v) is 11.0. The van der Waals surface area contributed by atoms with Gasteiger partial charge in [0.2, 0.25) is 0 Å². The average molecular weight is 239 g/mol. The molecule has 0 aromatic carbocycles. The van der Waals surface area contributed by atoms with Gasteiger partial charge in [0.25, 0.3) is 0 Å². The fraction of sp³-hybridized carbons (Fsp3) is 0.615. The maximum atomic E-state index is 11.7. The Morgan fingerprint density at radius 2 is 2.12 bits per heavy atom. The number of Topliss-reactive ketones (excluding diaryl/α,β-unsaturated/α-hetero) is 1. The minimum atomic E-state index is 0.338. The first-order valence-electron chi connectivity index (χ1n) is 5.95. The molecule has 0 amide bonds. The van der Waals surface area contributed by atoms with E-state index < -0.39 is 0 Å². The van der Waals surface area contributed by atoms with Crippen LogP contribution in [-0.4, -0.2) is 12.3 Å². The SMILES string of the molecule is CCc1ccc(CC(=O)CCC(C)CN)s1. The first-order valence-corrected chi connectivity index (χ1v) is 6.76. The molecule has 0 fully saturated rings. The monoisotopic (exact) mass is 239 g/mol. The Labute approximate surface area is 102 Å². The predicted octanol–water partition coefficient (Wildman–Crippen LogP) is 2.80. The van der Waals surface area contributed by atoms with Crippen molar-refractivity contribution < 1.29 is 4.79 Å². The number of rotatable bonds is 7. The summed E-state index contributed by atoms with van der Waals surface area (Å²) in [5.74, 6) is 0.795. The Morgan fingerprint density at radius 1 is 1.44 bits per heavy atom. The van der Waals surface area contributed by atoms with E-state index in [1.165, 1.54) is 9.75 Å². The highest BCUT2D eigenvalue weighted by Crippen LogP contribution is 2.18. The van der Waals surface area contributed by atoms with Gasteiger partial charge < -0.3 is 5.73 Å². The number of aryl methyl sites for hydroxylation is 1. The average Bonchev–Trinajstić information content (AvgIpc) is 2.73. The minimum Gasteiger partial charge on any atom is -0.330 e. The largest absolute Gasteiger partial charge is 0.330 e. The Balaban J connectivity index is 2.33. The summed E-state index contributed by atoms with van der Waals surface area (Å²) < 4.78 is 0. The summed E-state index contributed by atoms with van der Waals surface area (Å²) in [6.07, 6.45) is 3.24. The van der Waals surface area contributed by atoms with E-state index in [1.54, 1.807) is 11.3 Å². The highest BCUT2D eigenvalue weighted by molar-refractivity contribution is 7.12. The van der Waals surface area contributed by atoms with E-state index in [0.717, 1.165) is 12.8 Å². The number of hydrogen-bond donors (Lipinski definition) is 1. The van der Waals surface area contributed by atoms with Crippen LogP contribution in [0.3, 0.4) is 0 Å². The van der Waals surface area contributed by atoms with Gasteiger partial charge in [-0.1, -0.05) is 13.8 Å². The van der Waals surface area contributed by atoms with E-state index in [1.807, 2.05) is 0 Å². The molecular formula is C13H21NOS. The van der Waals surface area contributed by atoms with Gasteiger partial charge in [-0.25, -0.2) is 0 Å². The summed E-state index contributed by atoms with van der Waals surface area (Å²) in [6, 6.07) is 4.20. The quantitative estimate of drug-likeness (QED) is 0.795. The van der Waals surface area contributed by atoms with Gasteiger partial charge in [-0.15, -0.1) is 11.3 Å². The van der Waals surface area contributed by atoms with Crippen molar-refractivity contribution in [3.8, 4) is 0 Å². The minimum absolute atomic E-state index is 0.338. The fourth-order valence-corrected chi connectivity index (χ4v) is 2.50. The van der Waals surface area contributed by atoms with Crippen molar-refractivity contribution in [2.24, 2.45) is 11.7 Å². The van der Waals surface area contributed by atoms with Crippen LogP contribution in [-0.2, 0) is 17.6 Å². The molecule has 2 nitrogen and oxygen atoms in total. The molecule has 0 aliphatic rings. The Morgan fingerprint density at radius 3 is 2.69 bits per heavy atom. The third-order valence-corrected chi connectivity index (χ3v) is 3.99. The molecule has 0 spiro atoms. The smallest absolute Gasteiger partial charge is 0.138 e. The van der Waals surface area contributed by atoms with Gasteiger partial charge in [-0.05, 0) is 37.4 Å². The zero-order valence-electron chi connectivity index (χ0n) is 10.2. The van der Waals surface area contributed by atoms with Crippen molar-refractivity contribution in [1.29, 1.82) is 0 Å². The molecule has 0 aliphatic carbocycles. The number of hydrogen-bond acceptors (Lipinski definition) is 3. The van der Waals surface area contributed by atoms with Crippen molar-refractivity contribution in [3.05, 3.63) is 21.9 Å². The molecule has 1 aromatic heterocycles. The number of carbonyl (C=O) groups excluding carboxylic acids is 1. The summed E-state index contributed by atoms with van der Waals surface area (Å²) >= 11 is 1.76. The van der Waals surface area contributed by atoms with Crippen molar-refractivity contribution >= 4 is 17.1 Å². The van der Waals surface area contributed by atoms with Crippen LogP contribution in [0.2, 0.25) is 0 Å². The van der Waals surface area contributed by atoms with Crippen LogP contribution in [0.1, 0.15) is 36.4 Å². The maximum Gasteiger partial charge on any atom is 0.138 e. The lowest BCUT2D eigenvalue weighted by molar-refractivity contribution is -0.118. The molecular weight excluding hydrogens is 218 g/mol. The van der Waals surface area contributed by atoms with Gasteiger partial charge in [0, 0.05) is 22.6 Å². The van der Waals surface area contributed by atoms with Crippen molar-refractivity contribution in [2.75, 3.05) is 6.54 Å².